The van der Waals surface area contributed by atoms with E-state index in [0.717, 1.165) is 38.9 Å². The van der Waals surface area contributed by atoms with Crippen LogP contribution in [0.4, 0.5) is 5.13 Å². The summed E-state index contributed by atoms with van der Waals surface area (Å²) in [6.45, 7) is 0. The molecular formula is C66H52ClN5O7S2. The van der Waals surface area contributed by atoms with Crippen LogP contribution in [0.15, 0.2) is 264 Å². The van der Waals surface area contributed by atoms with Gasteiger partial charge >= 0.3 is 11.9 Å². The van der Waals surface area contributed by atoms with Crippen LogP contribution in [-0.4, -0.2) is 62.4 Å². The summed E-state index contributed by atoms with van der Waals surface area (Å²) in [5.74, 6) is -2.67. The molecule has 9 aromatic rings. The molecule has 0 saturated carbocycles. The third-order valence-electron chi connectivity index (χ3n) is 14.0. The van der Waals surface area contributed by atoms with Crippen molar-refractivity contribution in [1.82, 2.24) is 15.2 Å². The molecule has 15 heteroatoms. The number of halogens is 1. The molecule has 11 rings (SSSR count). The van der Waals surface area contributed by atoms with Gasteiger partial charge in [0.05, 0.1) is 0 Å². The molecule has 1 fully saturated rings. The number of benzene rings is 8. The average molecular weight is 1130 g/mol. The van der Waals surface area contributed by atoms with Crippen molar-refractivity contribution in [2.24, 2.45) is 5.16 Å². The second kappa shape index (κ2) is 24.9. The minimum absolute atomic E-state index is 0.0285. The fourth-order valence-electron chi connectivity index (χ4n) is 10.1. The smallest absolute Gasteiger partial charge is 0.356 e. The van der Waals surface area contributed by atoms with E-state index in [1.165, 1.54) is 28.0 Å². The van der Waals surface area contributed by atoms with Gasteiger partial charge in [-0.25, -0.2) is 14.6 Å². The molecule has 402 valence electrons. The van der Waals surface area contributed by atoms with Crippen LogP contribution in [0, 0.1) is 0 Å². The van der Waals surface area contributed by atoms with Crippen molar-refractivity contribution in [3.05, 3.63) is 310 Å². The first-order valence-electron chi connectivity index (χ1n) is 26.1. The summed E-state index contributed by atoms with van der Waals surface area (Å²) in [6, 6.07) is 75.0. The van der Waals surface area contributed by atoms with Crippen molar-refractivity contribution in [2.75, 3.05) is 16.9 Å². The molecule has 0 radical (unpaired) electrons. The predicted octanol–water partition coefficient (Wildman–Crippen LogP) is 12.6. The van der Waals surface area contributed by atoms with Crippen LogP contribution in [0.3, 0.4) is 0 Å². The summed E-state index contributed by atoms with van der Waals surface area (Å²) < 4.78 is 12.6. The van der Waals surface area contributed by atoms with E-state index in [2.05, 4.69) is 15.8 Å². The number of rotatable bonds is 20. The van der Waals surface area contributed by atoms with Crippen LogP contribution in [0.5, 0.6) is 0 Å². The lowest BCUT2D eigenvalue weighted by molar-refractivity contribution is -0.162. The normalized spacial score (nSPS) is 15.5. The molecule has 0 bridgehead atoms. The lowest BCUT2D eigenvalue weighted by atomic mass is 9.77. The van der Waals surface area contributed by atoms with Crippen LogP contribution in [-0.2, 0) is 39.0 Å². The van der Waals surface area contributed by atoms with Crippen molar-refractivity contribution < 1.29 is 33.5 Å². The average Bonchev–Trinajstić information content (AvgIpc) is 4.04. The number of aromatic nitrogens is 1. The lowest BCUT2D eigenvalue weighted by Gasteiger charge is -2.49. The monoisotopic (exact) mass is 1130 g/mol. The number of ether oxygens (including phenoxy) is 2. The Morgan fingerprint density at radius 3 is 1.47 bits per heavy atom. The molecule has 3 heterocycles. The first-order valence-corrected chi connectivity index (χ1v) is 28.6. The molecule has 81 heavy (non-hydrogen) atoms. The van der Waals surface area contributed by atoms with Gasteiger partial charge in [-0.3, -0.25) is 14.5 Å². The van der Waals surface area contributed by atoms with E-state index < -0.39 is 59.0 Å². The molecule has 2 aliphatic heterocycles. The number of esters is 2. The van der Waals surface area contributed by atoms with Crippen LogP contribution < -0.4 is 10.6 Å². The number of thioether (sulfide) groups is 1. The van der Waals surface area contributed by atoms with E-state index in [4.69, 9.17) is 30.9 Å². The minimum atomic E-state index is -1.49. The maximum Gasteiger partial charge on any atom is 0.356 e. The molecule has 8 aromatic carbocycles. The van der Waals surface area contributed by atoms with E-state index in [9.17, 15) is 14.4 Å². The van der Waals surface area contributed by atoms with E-state index in [-0.39, 0.29) is 28.7 Å². The van der Waals surface area contributed by atoms with Gasteiger partial charge in [0.25, 0.3) is 11.8 Å². The van der Waals surface area contributed by atoms with Crippen molar-refractivity contribution in [3.63, 3.8) is 0 Å². The van der Waals surface area contributed by atoms with Crippen LogP contribution >= 0.6 is 34.7 Å². The zero-order valence-corrected chi connectivity index (χ0v) is 45.8. The quantitative estimate of drug-likeness (QED) is 0.0189. The van der Waals surface area contributed by atoms with Crippen molar-refractivity contribution >= 4 is 69.3 Å². The molecule has 0 spiro atoms. The van der Waals surface area contributed by atoms with Crippen LogP contribution in [0.2, 0.25) is 0 Å². The molecule has 12 nitrogen and oxygen atoms in total. The Hall–Kier alpha value is -9.08. The summed E-state index contributed by atoms with van der Waals surface area (Å²) in [7, 11) is 0. The Morgan fingerprint density at radius 1 is 0.605 bits per heavy atom. The molecule has 1 aromatic heterocycles. The lowest BCUT2D eigenvalue weighted by Crippen LogP contribution is -2.71. The Kier molecular flexibility index (Phi) is 16.6. The van der Waals surface area contributed by atoms with Gasteiger partial charge < -0.3 is 24.9 Å². The highest BCUT2D eigenvalue weighted by Crippen LogP contribution is 2.43. The highest BCUT2D eigenvalue weighted by molar-refractivity contribution is 8.00. The van der Waals surface area contributed by atoms with Crippen LogP contribution in [0.1, 0.15) is 68.5 Å². The summed E-state index contributed by atoms with van der Waals surface area (Å²) in [5, 5.41) is 12.5. The van der Waals surface area contributed by atoms with Crippen molar-refractivity contribution in [2.45, 2.75) is 35.3 Å². The Bertz CT molecular complexity index is 3500. The highest BCUT2D eigenvalue weighted by Gasteiger charge is 2.55. The number of anilines is 1. The first kappa shape index (κ1) is 53.9. The number of alkyl halides is 1. The van der Waals surface area contributed by atoms with Crippen molar-refractivity contribution in [1.29, 1.82) is 0 Å². The number of β-lactam (4-membered cyclic amide) rings is 1. The molecular weight excluding hydrogens is 1070 g/mol. The van der Waals surface area contributed by atoms with E-state index in [0.29, 0.717) is 16.3 Å². The second-order valence-corrected chi connectivity index (χ2v) is 21.3. The zero-order valence-electron chi connectivity index (χ0n) is 43.4. The Morgan fingerprint density at radius 2 is 1.02 bits per heavy atom. The van der Waals surface area contributed by atoms with Gasteiger partial charge in [0.15, 0.2) is 23.1 Å². The Balaban J connectivity index is 0.943. The number of hydrogen-bond donors (Lipinski definition) is 2. The zero-order chi connectivity index (χ0) is 55.5. The van der Waals surface area contributed by atoms with E-state index >= 15 is 4.79 Å². The SMILES string of the molecule is O=C(N[C@@H]1C(=O)N2C(C(=O)OC(c3ccccc3)c3ccccc3)=C(CCl)CS[C@@H]12)C(=NOC(C(=O)OC(c1ccccc1)c1ccccc1)c1ccccc1)c1csc(NC(c2ccccc2)(c2ccccc2)c2ccccc2)n1. The van der Waals surface area contributed by atoms with E-state index in [1.54, 1.807) is 35.7 Å². The topological polar surface area (TPSA) is 149 Å². The summed E-state index contributed by atoms with van der Waals surface area (Å²) in [6.07, 6.45) is -3.11. The molecule has 2 aliphatic rings. The number of nitrogens with zero attached hydrogens (tertiary/aromatic N) is 3. The summed E-state index contributed by atoms with van der Waals surface area (Å²) >= 11 is 9.09. The molecule has 2 amide bonds. The van der Waals surface area contributed by atoms with Crippen LogP contribution in [0.25, 0.3) is 0 Å². The van der Waals surface area contributed by atoms with E-state index in [1.807, 2.05) is 212 Å². The van der Waals surface area contributed by atoms with Gasteiger partial charge in [0.2, 0.25) is 6.10 Å². The number of carbonyl (C=O) groups excluding carboxylic acids is 4. The number of oxime groups is 1. The Labute approximate surface area is 482 Å². The highest BCUT2D eigenvalue weighted by atomic mass is 35.5. The largest absolute Gasteiger partial charge is 0.449 e. The van der Waals surface area contributed by atoms with Gasteiger partial charge in [-0.2, -0.15) is 0 Å². The molecule has 2 N–H and O–H groups in total. The maximum atomic E-state index is 15.2. The van der Waals surface area contributed by atoms with Gasteiger partial charge in [0.1, 0.15) is 28.3 Å². The third kappa shape index (κ3) is 11.5. The number of carbonyl (C=O) groups is 4. The van der Waals surface area contributed by atoms with Gasteiger partial charge in [-0.05, 0) is 44.5 Å². The minimum Gasteiger partial charge on any atom is -0.449 e. The molecule has 1 unspecified atom stereocenters. The second-order valence-electron chi connectivity index (χ2n) is 19.0. The third-order valence-corrected chi connectivity index (χ3v) is 16.4. The van der Waals surface area contributed by atoms with Gasteiger partial charge in [-0.1, -0.05) is 248 Å². The number of fused-ring (bicyclic) bond motifs is 1. The van der Waals surface area contributed by atoms with Gasteiger partial charge in [0, 0.05) is 22.6 Å². The number of hydrogen-bond acceptors (Lipinski definition) is 12. The number of amides is 2. The molecule has 1 saturated heterocycles. The maximum absolute atomic E-state index is 15.2. The number of nitrogens with one attached hydrogen (secondary N) is 2. The fraction of sp³-hybridized carbons (Fsp3) is 0.121. The van der Waals surface area contributed by atoms with Crippen molar-refractivity contribution in [3.8, 4) is 0 Å². The number of thiazole rings is 1. The standard InChI is InChI=1S/C66H52ClN5O7S2/c67-41-49-42-80-62-55(61(74)72(62)56(49)63(75)77-57(44-25-9-1-10-26-44)45-27-11-2-12-28-45)69-60(73)54(71-79-59(48-33-17-5-18-34-48)64(76)78-58(46-29-13-3-14-30-46)47-31-15-4-16-32-47)53-43-81-65(68-53)70-66(50-35-19-6-20-36-50,51-37-21-7-22-38-51)52-39-23-8-24-40-52/h1-40,43,55,57-59,62H,41-42H2,(H,68,70)(H,69,73)/t55-,59?,62+/m1/s1. The molecule has 3 atom stereocenters. The van der Waals surface area contributed by atoms with Gasteiger partial charge in [-0.15, -0.1) is 34.7 Å². The fourth-order valence-corrected chi connectivity index (χ4v) is 12.5. The summed E-state index contributed by atoms with van der Waals surface area (Å²) in [5.41, 5.74) is 5.39. The first-order chi connectivity index (χ1) is 39.8. The predicted molar refractivity (Wildman–Crippen MR) is 316 cm³/mol. The molecule has 0 aliphatic carbocycles. The summed E-state index contributed by atoms with van der Waals surface area (Å²) in [4.78, 5) is 71.7.